The maximum absolute atomic E-state index is 13.0. The van der Waals surface area contributed by atoms with Crippen LogP contribution < -0.4 is 25.1 Å². The molecule has 4 aromatic rings. The van der Waals surface area contributed by atoms with Crippen LogP contribution in [0.1, 0.15) is 30.2 Å². The summed E-state index contributed by atoms with van der Waals surface area (Å²) in [4.78, 5) is 29.9. The highest BCUT2D eigenvalue weighted by atomic mass is 32.1. The molecule has 0 fully saturated rings. The molecule has 2 heterocycles. The summed E-state index contributed by atoms with van der Waals surface area (Å²) in [5.41, 5.74) is 1.07. The lowest BCUT2D eigenvalue weighted by molar-refractivity contribution is 0.317. The second kappa shape index (κ2) is 10.2. The Morgan fingerprint density at radius 1 is 1.09 bits per heavy atom. The molecule has 0 unspecified atom stereocenters. The lowest BCUT2D eigenvalue weighted by Gasteiger charge is -2.05. The highest BCUT2D eigenvalue weighted by molar-refractivity contribution is 7.15. The Bertz CT molecular complexity index is 1440. The number of nitrogens with zero attached hydrogens (tertiary/aromatic N) is 3. The number of ether oxygens (including phenoxy) is 2. The highest BCUT2D eigenvalue weighted by Crippen LogP contribution is 2.19. The molecule has 0 aliphatic rings. The van der Waals surface area contributed by atoms with E-state index in [1.807, 2.05) is 55.5 Å². The smallest absolute Gasteiger partial charge is 0.296 e. The molecule has 168 valence electrons. The van der Waals surface area contributed by atoms with E-state index < -0.39 is 5.56 Å². The molecule has 2 aromatic carbocycles. The summed E-state index contributed by atoms with van der Waals surface area (Å²) in [5.74, 6) is 1.41. The van der Waals surface area contributed by atoms with Crippen molar-refractivity contribution in [1.82, 2.24) is 14.6 Å². The molecule has 0 saturated heterocycles. The zero-order valence-corrected chi connectivity index (χ0v) is 19.0. The third kappa shape index (κ3) is 5.18. The van der Waals surface area contributed by atoms with Gasteiger partial charge in [0.15, 0.2) is 0 Å². The average molecular weight is 462 g/mol. The summed E-state index contributed by atoms with van der Waals surface area (Å²) in [6.07, 6.45) is 4.58. The summed E-state index contributed by atoms with van der Waals surface area (Å²) in [7, 11) is 0. The molecule has 0 radical (unpaired) electrons. The monoisotopic (exact) mass is 461 g/mol. The van der Waals surface area contributed by atoms with Gasteiger partial charge in [0.2, 0.25) is 4.96 Å². The maximum atomic E-state index is 13.0. The minimum atomic E-state index is -0.441. The summed E-state index contributed by atoms with van der Waals surface area (Å²) < 4.78 is 12.9. The zero-order chi connectivity index (χ0) is 23.2. The van der Waals surface area contributed by atoms with Crippen LogP contribution in [-0.4, -0.2) is 27.8 Å². The summed E-state index contributed by atoms with van der Waals surface area (Å²) in [6.45, 7) is 6.71. The van der Waals surface area contributed by atoms with Gasteiger partial charge in [0.05, 0.1) is 11.1 Å². The van der Waals surface area contributed by atoms with Crippen LogP contribution in [-0.2, 0) is 6.42 Å². The van der Waals surface area contributed by atoms with Crippen molar-refractivity contribution in [2.24, 2.45) is 0 Å². The molecule has 0 aliphatic carbocycles. The van der Waals surface area contributed by atoms with Crippen molar-refractivity contribution in [3.05, 3.63) is 103 Å². The Morgan fingerprint density at radius 2 is 1.88 bits per heavy atom. The molecule has 0 atom stereocenters. The summed E-state index contributed by atoms with van der Waals surface area (Å²) >= 11 is 1.12. The number of hydrogen-bond donors (Lipinski definition) is 0. The van der Waals surface area contributed by atoms with Crippen molar-refractivity contribution in [2.75, 3.05) is 13.2 Å². The van der Waals surface area contributed by atoms with E-state index in [0.717, 1.165) is 34.6 Å². The van der Waals surface area contributed by atoms with Gasteiger partial charge in [-0.3, -0.25) is 9.59 Å². The average Bonchev–Trinajstić information content (AvgIpc) is 3.12. The first kappa shape index (κ1) is 22.4. The van der Waals surface area contributed by atoms with Crippen molar-refractivity contribution >= 4 is 22.4 Å². The lowest BCUT2D eigenvalue weighted by Crippen LogP contribution is -2.28. The third-order valence-corrected chi connectivity index (χ3v) is 5.74. The van der Waals surface area contributed by atoms with Crippen molar-refractivity contribution in [3.63, 3.8) is 0 Å². The van der Waals surface area contributed by atoms with Crippen LogP contribution in [0.25, 0.3) is 11.0 Å². The fraction of sp³-hybridized carbons (Fsp3) is 0.200. The van der Waals surface area contributed by atoms with Crippen molar-refractivity contribution in [3.8, 4) is 11.5 Å². The van der Waals surface area contributed by atoms with Gasteiger partial charge in [-0.05, 0) is 36.3 Å². The first-order valence-corrected chi connectivity index (χ1v) is 11.4. The Kier molecular flexibility index (Phi) is 6.95. The van der Waals surface area contributed by atoms with Crippen molar-refractivity contribution in [2.45, 2.75) is 19.8 Å². The van der Waals surface area contributed by atoms with Crippen molar-refractivity contribution < 1.29 is 9.47 Å². The lowest BCUT2D eigenvalue weighted by atomic mass is 10.1. The molecule has 0 bridgehead atoms. The molecule has 7 nitrogen and oxygen atoms in total. The molecule has 4 rings (SSSR count). The largest absolute Gasteiger partial charge is 0.494 e. The number of aromatic nitrogens is 3. The number of hydrogen-bond acceptors (Lipinski definition) is 7. The van der Waals surface area contributed by atoms with Gasteiger partial charge in [-0.2, -0.15) is 14.6 Å². The van der Waals surface area contributed by atoms with Crippen LogP contribution in [0, 0.1) is 0 Å². The predicted molar refractivity (Wildman–Crippen MR) is 129 cm³/mol. The normalized spacial score (nSPS) is 11.6. The minimum absolute atomic E-state index is 0.214. The van der Waals surface area contributed by atoms with Gasteiger partial charge in [0, 0.05) is 12.0 Å². The Morgan fingerprint density at radius 3 is 2.64 bits per heavy atom. The van der Waals surface area contributed by atoms with Crippen LogP contribution in [0.3, 0.4) is 0 Å². The minimum Gasteiger partial charge on any atom is -0.494 e. The first-order chi connectivity index (χ1) is 16.1. The first-order valence-electron chi connectivity index (χ1n) is 10.6. The van der Waals surface area contributed by atoms with E-state index in [9.17, 15) is 9.59 Å². The molecule has 33 heavy (non-hydrogen) atoms. The Balaban J connectivity index is 1.67. The van der Waals surface area contributed by atoms with Gasteiger partial charge in [-0.25, -0.2) is 0 Å². The number of fused-ring (bicyclic) bond motifs is 1. The Hall–Kier alpha value is -3.78. The van der Waals surface area contributed by atoms with E-state index in [1.165, 1.54) is 4.52 Å². The maximum Gasteiger partial charge on any atom is 0.296 e. The van der Waals surface area contributed by atoms with Crippen LogP contribution in [0.2, 0.25) is 0 Å². The SMILES string of the molecule is C=CCOc1ccccc1/C=c1/sc2nc(=O)c(Cc3ccc(OCCC)cc3)nn2c1=O. The fourth-order valence-corrected chi connectivity index (χ4v) is 4.08. The molecule has 0 spiro atoms. The third-order valence-electron chi connectivity index (χ3n) is 4.78. The topological polar surface area (TPSA) is 82.8 Å². The van der Waals surface area contributed by atoms with E-state index in [4.69, 9.17) is 9.47 Å². The number of thiazole rings is 1. The molecular weight excluding hydrogens is 438 g/mol. The number of para-hydroxylation sites is 1. The van der Waals surface area contributed by atoms with Crippen LogP contribution in [0.4, 0.5) is 0 Å². The van der Waals surface area contributed by atoms with Crippen LogP contribution in [0.15, 0.2) is 70.8 Å². The molecule has 0 aliphatic heterocycles. The van der Waals surface area contributed by atoms with Crippen molar-refractivity contribution in [1.29, 1.82) is 0 Å². The number of benzene rings is 2. The predicted octanol–water partition coefficient (Wildman–Crippen LogP) is 3.00. The van der Waals surface area contributed by atoms with Gasteiger partial charge < -0.3 is 9.47 Å². The van der Waals surface area contributed by atoms with E-state index in [1.54, 1.807) is 12.2 Å². The Labute approximate surface area is 194 Å². The van der Waals surface area contributed by atoms with Crippen LogP contribution >= 0.6 is 11.3 Å². The van der Waals surface area contributed by atoms with Gasteiger partial charge in [0.1, 0.15) is 23.8 Å². The molecular formula is C25H23N3O4S. The second-order valence-corrected chi connectivity index (χ2v) is 8.29. The molecule has 0 amide bonds. The van der Waals surface area contributed by atoms with E-state index in [2.05, 4.69) is 16.7 Å². The molecule has 0 N–H and O–H groups in total. The standard InChI is InChI=1S/C25H23N3O4S/c1-3-13-31-19-11-9-17(10-12-19)15-20-23(29)26-25-28(27-20)24(30)22(33-25)16-18-7-5-6-8-21(18)32-14-4-2/h4-12,16H,2-3,13-15H2,1H3/b22-16+. The second-order valence-electron chi connectivity index (χ2n) is 7.28. The van der Waals surface area contributed by atoms with E-state index in [0.29, 0.717) is 23.5 Å². The van der Waals surface area contributed by atoms with Gasteiger partial charge in [-0.1, -0.05) is 61.2 Å². The van der Waals surface area contributed by atoms with Gasteiger partial charge in [-0.15, -0.1) is 0 Å². The van der Waals surface area contributed by atoms with E-state index in [-0.39, 0.29) is 22.6 Å². The fourth-order valence-electron chi connectivity index (χ4n) is 3.19. The molecule has 0 saturated carbocycles. The molecule has 2 aromatic heterocycles. The zero-order valence-electron chi connectivity index (χ0n) is 18.2. The van der Waals surface area contributed by atoms with Gasteiger partial charge >= 0.3 is 0 Å². The van der Waals surface area contributed by atoms with Gasteiger partial charge in [0.25, 0.3) is 11.1 Å². The summed E-state index contributed by atoms with van der Waals surface area (Å²) in [6, 6.07) is 14.9. The summed E-state index contributed by atoms with van der Waals surface area (Å²) in [5, 5.41) is 4.32. The quantitative estimate of drug-likeness (QED) is 0.357. The highest BCUT2D eigenvalue weighted by Gasteiger charge is 2.12. The number of rotatable bonds is 9. The molecule has 8 heteroatoms. The van der Waals surface area contributed by atoms with Crippen LogP contribution in [0.5, 0.6) is 11.5 Å². The van der Waals surface area contributed by atoms with E-state index >= 15 is 0 Å².